The van der Waals surface area contributed by atoms with Gasteiger partial charge in [-0.3, -0.25) is 4.79 Å². The molecule has 1 atom stereocenters. The van der Waals surface area contributed by atoms with Gasteiger partial charge in [-0.25, -0.2) is 0 Å². The number of benzene rings is 1. The Hall–Kier alpha value is -1.39. The van der Waals surface area contributed by atoms with Gasteiger partial charge in [0, 0.05) is 13.2 Å². The first-order chi connectivity index (χ1) is 9.17. The number of aliphatic hydroxyl groups is 1. The van der Waals surface area contributed by atoms with E-state index in [0.29, 0.717) is 18.8 Å². The van der Waals surface area contributed by atoms with Gasteiger partial charge in [0.1, 0.15) is 5.75 Å². The van der Waals surface area contributed by atoms with Crippen LogP contribution in [-0.2, 0) is 16.1 Å². The highest BCUT2D eigenvalue weighted by atomic mass is 16.5. The van der Waals surface area contributed by atoms with E-state index in [-0.39, 0.29) is 18.5 Å². The van der Waals surface area contributed by atoms with Gasteiger partial charge < -0.3 is 14.6 Å². The molecular weight excluding hydrogens is 244 g/mol. The smallest absolute Gasteiger partial charge is 0.314 e. The van der Waals surface area contributed by atoms with Crippen LogP contribution in [-0.4, -0.2) is 24.3 Å². The molecule has 1 unspecified atom stereocenters. The number of hydrogen-bond acceptors (Lipinski definition) is 4. The Bertz CT molecular complexity index is 372. The topological polar surface area (TPSA) is 55.8 Å². The van der Waals surface area contributed by atoms with E-state index < -0.39 is 0 Å². The number of esters is 1. The first kappa shape index (κ1) is 15.7. The highest BCUT2D eigenvalue weighted by molar-refractivity contribution is 5.74. The molecule has 1 N–H and O–H groups in total. The summed E-state index contributed by atoms with van der Waals surface area (Å²) >= 11 is 0. The van der Waals surface area contributed by atoms with Crippen LogP contribution in [0.15, 0.2) is 24.3 Å². The molecule has 0 fully saturated rings. The molecule has 0 amide bonds. The van der Waals surface area contributed by atoms with E-state index >= 15 is 0 Å². The van der Waals surface area contributed by atoms with Crippen LogP contribution in [0, 0.1) is 5.92 Å². The first-order valence-electron chi connectivity index (χ1n) is 6.66. The van der Waals surface area contributed by atoms with Crippen LogP contribution in [0.2, 0.25) is 0 Å². The molecule has 0 aliphatic rings. The van der Waals surface area contributed by atoms with Crippen LogP contribution in [0.25, 0.3) is 0 Å². The normalized spacial score (nSPS) is 12.2. The predicted octanol–water partition coefficient (Wildman–Crippen LogP) is 2.54. The molecule has 1 aromatic rings. The van der Waals surface area contributed by atoms with Gasteiger partial charge in [-0.15, -0.1) is 0 Å². The molecule has 0 radical (unpaired) electrons. The molecule has 0 aliphatic carbocycles. The van der Waals surface area contributed by atoms with Gasteiger partial charge in [-0.1, -0.05) is 26.0 Å². The summed E-state index contributed by atoms with van der Waals surface area (Å²) in [7, 11) is 0. The minimum atomic E-state index is -0.253. The maximum absolute atomic E-state index is 11.8. The van der Waals surface area contributed by atoms with Crippen molar-refractivity contribution >= 4 is 5.97 Å². The number of ether oxygens (including phenoxy) is 2. The van der Waals surface area contributed by atoms with Crippen molar-refractivity contribution < 1.29 is 19.4 Å². The Balaban J connectivity index is 2.36. The Morgan fingerprint density at radius 2 is 1.95 bits per heavy atom. The number of carbonyl (C=O) groups is 1. The van der Waals surface area contributed by atoms with E-state index in [4.69, 9.17) is 14.6 Å². The Kier molecular flexibility index (Phi) is 7.15. The van der Waals surface area contributed by atoms with Crippen LogP contribution in [0.4, 0.5) is 0 Å². The maximum atomic E-state index is 11.8. The van der Waals surface area contributed by atoms with Crippen molar-refractivity contribution in [2.24, 2.45) is 5.92 Å². The van der Waals surface area contributed by atoms with Gasteiger partial charge in [0.25, 0.3) is 0 Å². The van der Waals surface area contributed by atoms with Crippen LogP contribution >= 0.6 is 0 Å². The van der Waals surface area contributed by atoms with E-state index in [1.54, 1.807) is 24.3 Å². The monoisotopic (exact) mass is 266 g/mol. The Labute approximate surface area is 114 Å². The van der Waals surface area contributed by atoms with Gasteiger partial charge in [-0.05, 0) is 30.5 Å². The van der Waals surface area contributed by atoms with Gasteiger partial charge in [0.05, 0.1) is 12.5 Å². The third-order valence-corrected chi connectivity index (χ3v) is 2.77. The number of aliphatic hydroxyl groups excluding tert-OH is 1. The molecule has 4 nitrogen and oxygen atoms in total. The second kappa shape index (κ2) is 8.67. The number of hydrogen-bond donors (Lipinski definition) is 1. The second-order valence-electron chi connectivity index (χ2n) is 4.53. The molecule has 19 heavy (non-hydrogen) atoms. The minimum absolute atomic E-state index is 0.0145. The molecule has 0 saturated heterocycles. The van der Waals surface area contributed by atoms with E-state index in [2.05, 4.69) is 0 Å². The Morgan fingerprint density at radius 3 is 2.53 bits per heavy atom. The minimum Gasteiger partial charge on any atom is -0.426 e. The molecule has 106 valence electrons. The van der Waals surface area contributed by atoms with Crippen molar-refractivity contribution in [1.82, 2.24) is 0 Å². The number of carbonyl (C=O) groups excluding carboxylic acids is 1. The maximum Gasteiger partial charge on any atom is 0.314 e. The summed E-state index contributed by atoms with van der Waals surface area (Å²) < 4.78 is 10.6. The lowest BCUT2D eigenvalue weighted by molar-refractivity contribution is -0.139. The van der Waals surface area contributed by atoms with Crippen molar-refractivity contribution in [3.63, 3.8) is 0 Å². The largest absolute Gasteiger partial charge is 0.426 e. The van der Waals surface area contributed by atoms with E-state index in [9.17, 15) is 4.79 Å². The summed E-state index contributed by atoms with van der Waals surface area (Å²) in [6.45, 7) is 5.17. The van der Waals surface area contributed by atoms with Gasteiger partial charge >= 0.3 is 5.97 Å². The average Bonchev–Trinajstić information content (AvgIpc) is 2.44. The summed E-state index contributed by atoms with van der Waals surface area (Å²) in [6, 6.07) is 6.84. The second-order valence-corrected chi connectivity index (χ2v) is 4.53. The SMILES string of the molecule is CCCOCCC(C)C(=O)Oc1ccc(CO)cc1. The van der Waals surface area contributed by atoms with E-state index in [1.165, 1.54) is 0 Å². The lowest BCUT2D eigenvalue weighted by Gasteiger charge is -2.11. The standard InChI is InChI=1S/C15H22O4/c1-3-9-18-10-8-12(2)15(17)19-14-6-4-13(11-16)5-7-14/h4-7,12,16H,3,8-11H2,1-2H3. The lowest BCUT2D eigenvalue weighted by Crippen LogP contribution is -2.19. The van der Waals surface area contributed by atoms with Crippen LogP contribution in [0.5, 0.6) is 5.75 Å². The average molecular weight is 266 g/mol. The zero-order valence-electron chi connectivity index (χ0n) is 11.6. The zero-order chi connectivity index (χ0) is 14.1. The molecule has 0 heterocycles. The van der Waals surface area contributed by atoms with Gasteiger partial charge in [0.2, 0.25) is 0 Å². The highest BCUT2D eigenvalue weighted by Gasteiger charge is 2.15. The van der Waals surface area contributed by atoms with Crippen LogP contribution in [0.1, 0.15) is 32.3 Å². The fraction of sp³-hybridized carbons (Fsp3) is 0.533. The van der Waals surface area contributed by atoms with Gasteiger partial charge in [0.15, 0.2) is 0 Å². The van der Waals surface area contributed by atoms with Crippen molar-refractivity contribution in [1.29, 1.82) is 0 Å². The predicted molar refractivity (Wildman–Crippen MR) is 72.9 cm³/mol. The molecule has 0 saturated carbocycles. The zero-order valence-corrected chi connectivity index (χ0v) is 11.6. The molecule has 4 heteroatoms. The third kappa shape index (κ3) is 5.85. The van der Waals surface area contributed by atoms with Crippen molar-refractivity contribution in [3.05, 3.63) is 29.8 Å². The molecule has 1 aromatic carbocycles. The first-order valence-corrected chi connectivity index (χ1v) is 6.66. The number of rotatable bonds is 8. The van der Waals surface area contributed by atoms with Gasteiger partial charge in [-0.2, -0.15) is 0 Å². The van der Waals surface area contributed by atoms with E-state index in [1.807, 2.05) is 13.8 Å². The lowest BCUT2D eigenvalue weighted by atomic mass is 10.1. The molecule has 1 rings (SSSR count). The molecule has 0 spiro atoms. The fourth-order valence-corrected chi connectivity index (χ4v) is 1.50. The van der Waals surface area contributed by atoms with Crippen LogP contribution < -0.4 is 4.74 Å². The molecule has 0 aliphatic heterocycles. The fourth-order valence-electron chi connectivity index (χ4n) is 1.50. The summed E-state index contributed by atoms with van der Waals surface area (Å²) in [5.74, 6) is 0.0646. The summed E-state index contributed by atoms with van der Waals surface area (Å²) in [6.07, 6.45) is 1.64. The summed E-state index contributed by atoms with van der Waals surface area (Å²) in [5, 5.41) is 8.92. The highest BCUT2D eigenvalue weighted by Crippen LogP contribution is 2.15. The van der Waals surface area contributed by atoms with Crippen molar-refractivity contribution in [2.75, 3.05) is 13.2 Å². The third-order valence-electron chi connectivity index (χ3n) is 2.77. The molecule has 0 aromatic heterocycles. The van der Waals surface area contributed by atoms with Crippen molar-refractivity contribution in [2.45, 2.75) is 33.3 Å². The molecular formula is C15H22O4. The quantitative estimate of drug-likeness (QED) is 0.446. The summed E-state index contributed by atoms with van der Waals surface area (Å²) in [5.41, 5.74) is 0.792. The summed E-state index contributed by atoms with van der Waals surface area (Å²) in [4.78, 5) is 11.8. The van der Waals surface area contributed by atoms with Crippen molar-refractivity contribution in [3.8, 4) is 5.75 Å². The Morgan fingerprint density at radius 1 is 1.26 bits per heavy atom. The van der Waals surface area contributed by atoms with Crippen LogP contribution in [0.3, 0.4) is 0 Å². The molecule has 0 bridgehead atoms. The van der Waals surface area contributed by atoms with E-state index in [0.717, 1.165) is 18.6 Å².